The van der Waals surface area contributed by atoms with Crippen LogP contribution in [0.1, 0.15) is 57.6 Å². The van der Waals surface area contributed by atoms with E-state index in [1.807, 2.05) is 83.1 Å². The minimum absolute atomic E-state index is 0.0967. The van der Waals surface area contributed by atoms with Gasteiger partial charge in [0.1, 0.15) is 11.6 Å². The molecule has 0 radical (unpaired) electrons. The zero-order valence-electron chi connectivity index (χ0n) is 27.9. The Balaban J connectivity index is 1.70. The van der Waals surface area contributed by atoms with E-state index in [1.165, 1.54) is 0 Å². The monoisotopic (exact) mass is 627 g/mol. The number of fused-ring (bicyclic) bond motifs is 1. The molecule has 2 aromatic carbocycles. The summed E-state index contributed by atoms with van der Waals surface area (Å²) in [6.07, 6.45) is 5.62. The summed E-state index contributed by atoms with van der Waals surface area (Å²) in [5, 5.41) is 10.8. The number of aliphatic hydroxyl groups is 1. The number of rotatable bonds is 13. The highest BCUT2D eigenvalue weighted by Crippen LogP contribution is 2.65. The number of para-hydroxylation sites is 2. The number of benzene rings is 2. The minimum Gasteiger partial charge on any atom is -0.394 e. The van der Waals surface area contributed by atoms with Gasteiger partial charge in [-0.2, -0.15) is 0 Å². The van der Waals surface area contributed by atoms with Crippen molar-refractivity contribution < 1.29 is 24.2 Å². The number of hydrogen-bond acceptors (Lipinski definition) is 5. The van der Waals surface area contributed by atoms with Crippen LogP contribution >= 0.6 is 0 Å². The molecule has 3 aliphatic rings. The smallest absolute Gasteiger partial charge is 0.253 e. The predicted octanol–water partition coefficient (Wildman–Crippen LogP) is 5.60. The summed E-state index contributed by atoms with van der Waals surface area (Å²) in [7, 11) is 0. The quantitative estimate of drug-likeness (QED) is 0.292. The number of amides is 3. The molecule has 2 aromatic rings. The second-order valence-electron chi connectivity index (χ2n) is 13.3. The number of ether oxygens (including phenoxy) is 1. The number of aliphatic hydroxyl groups excluding tert-OH is 1. The first-order valence-corrected chi connectivity index (χ1v) is 16.7. The lowest BCUT2D eigenvalue weighted by Crippen LogP contribution is -2.60. The van der Waals surface area contributed by atoms with E-state index >= 15 is 9.59 Å². The lowest BCUT2D eigenvalue weighted by Gasteiger charge is -2.41. The summed E-state index contributed by atoms with van der Waals surface area (Å²) in [4.78, 5) is 50.0. The van der Waals surface area contributed by atoms with Crippen LogP contribution in [-0.2, 0) is 19.1 Å². The van der Waals surface area contributed by atoms with E-state index < -0.39 is 35.1 Å². The highest BCUT2D eigenvalue weighted by atomic mass is 16.5. The van der Waals surface area contributed by atoms with E-state index in [2.05, 4.69) is 13.2 Å². The molecule has 46 heavy (non-hydrogen) atoms. The van der Waals surface area contributed by atoms with Gasteiger partial charge in [-0.3, -0.25) is 14.4 Å². The van der Waals surface area contributed by atoms with Gasteiger partial charge in [-0.15, -0.1) is 13.2 Å². The van der Waals surface area contributed by atoms with E-state index in [9.17, 15) is 9.90 Å². The molecule has 2 unspecified atom stereocenters. The Kier molecular flexibility index (Phi) is 9.62. The molecule has 246 valence electrons. The Hall–Kier alpha value is -3.75. The molecule has 0 aromatic heterocycles. The first-order valence-electron chi connectivity index (χ1n) is 16.7. The zero-order chi connectivity index (χ0) is 33.4. The fraction of sp³-hybridized carbons (Fsp3) is 0.500. The van der Waals surface area contributed by atoms with Crippen LogP contribution in [0.15, 0.2) is 73.8 Å². The second kappa shape index (κ2) is 13.2. The van der Waals surface area contributed by atoms with Gasteiger partial charge in [0.2, 0.25) is 11.8 Å². The fourth-order valence-corrected chi connectivity index (χ4v) is 8.51. The Labute approximate surface area is 273 Å². The SMILES string of the molecule is C=CCN(C(=O)[C@@H]1[C@H]2C(=O)N([C@@H](CO)[C@@H](C)CC)C(C(=O)N(CC=C)c3c(C)cccc3C)C23CC[C@@]1(CC)O3)c1ccccc1. The summed E-state index contributed by atoms with van der Waals surface area (Å²) in [5.41, 5.74) is 1.22. The number of hydrogen-bond donors (Lipinski definition) is 1. The van der Waals surface area contributed by atoms with Gasteiger partial charge in [-0.05, 0) is 62.3 Å². The van der Waals surface area contributed by atoms with Crippen LogP contribution in [0, 0.1) is 31.6 Å². The first-order chi connectivity index (χ1) is 22.1. The normalized spacial score (nSPS) is 27.7. The number of carbonyl (C=O) groups excluding carboxylic acids is 3. The van der Waals surface area contributed by atoms with Crippen LogP contribution in [0.3, 0.4) is 0 Å². The average Bonchev–Trinajstić information content (AvgIpc) is 3.67. The minimum atomic E-state index is -1.22. The number of nitrogens with zero attached hydrogens (tertiary/aromatic N) is 3. The van der Waals surface area contributed by atoms with Crippen molar-refractivity contribution in [3.8, 4) is 0 Å². The summed E-state index contributed by atoms with van der Waals surface area (Å²) < 4.78 is 7.09. The van der Waals surface area contributed by atoms with Crippen LogP contribution in [0.4, 0.5) is 11.4 Å². The maximum absolute atomic E-state index is 15.2. The highest BCUT2D eigenvalue weighted by Gasteiger charge is 2.79. The number of likely N-dealkylation sites (tertiary alicyclic amines) is 1. The van der Waals surface area contributed by atoms with Crippen LogP contribution in [0.2, 0.25) is 0 Å². The van der Waals surface area contributed by atoms with Crippen molar-refractivity contribution in [2.75, 3.05) is 29.5 Å². The lowest BCUT2D eigenvalue weighted by molar-refractivity contribution is -0.150. The average molecular weight is 628 g/mol. The van der Waals surface area contributed by atoms with E-state index in [-0.39, 0.29) is 43.3 Å². The van der Waals surface area contributed by atoms with Crippen molar-refractivity contribution in [2.24, 2.45) is 17.8 Å². The number of aryl methyl sites for hydroxylation is 2. The largest absolute Gasteiger partial charge is 0.394 e. The molecule has 2 bridgehead atoms. The van der Waals surface area contributed by atoms with Crippen LogP contribution in [-0.4, -0.2) is 70.7 Å². The molecule has 3 heterocycles. The summed E-state index contributed by atoms with van der Waals surface area (Å²) >= 11 is 0. The Morgan fingerprint density at radius 3 is 2.20 bits per heavy atom. The van der Waals surface area contributed by atoms with Gasteiger partial charge in [-0.1, -0.05) is 75.7 Å². The summed E-state index contributed by atoms with van der Waals surface area (Å²) in [6.45, 7) is 18.0. The van der Waals surface area contributed by atoms with Crippen LogP contribution in [0.5, 0.6) is 0 Å². The van der Waals surface area contributed by atoms with Crippen molar-refractivity contribution in [3.63, 3.8) is 0 Å². The highest BCUT2D eigenvalue weighted by molar-refractivity contribution is 6.07. The zero-order valence-corrected chi connectivity index (χ0v) is 27.9. The van der Waals surface area contributed by atoms with Gasteiger partial charge in [0, 0.05) is 24.5 Å². The molecule has 0 saturated carbocycles. The van der Waals surface area contributed by atoms with Crippen molar-refractivity contribution in [1.82, 2.24) is 4.90 Å². The first kappa shape index (κ1) is 33.6. The molecule has 0 aliphatic carbocycles. The Morgan fingerprint density at radius 2 is 1.63 bits per heavy atom. The van der Waals surface area contributed by atoms with Crippen molar-refractivity contribution in [3.05, 3.63) is 85.0 Å². The van der Waals surface area contributed by atoms with Crippen LogP contribution < -0.4 is 9.80 Å². The lowest BCUT2D eigenvalue weighted by atomic mass is 9.64. The molecule has 1 spiro atoms. The summed E-state index contributed by atoms with van der Waals surface area (Å²) in [6, 6.07) is 13.7. The van der Waals surface area contributed by atoms with Gasteiger partial charge < -0.3 is 24.5 Å². The van der Waals surface area contributed by atoms with Gasteiger partial charge in [-0.25, -0.2) is 0 Å². The molecule has 8 nitrogen and oxygen atoms in total. The van der Waals surface area contributed by atoms with E-state index in [4.69, 9.17) is 4.74 Å². The topological polar surface area (TPSA) is 90.4 Å². The number of carbonyl (C=O) groups is 3. The summed E-state index contributed by atoms with van der Waals surface area (Å²) in [5.74, 6) is -2.55. The maximum atomic E-state index is 15.2. The third-order valence-corrected chi connectivity index (χ3v) is 10.9. The van der Waals surface area contributed by atoms with Crippen LogP contribution in [0.25, 0.3) is 0 Å². The van der Waals surface area contributed by atoms with Gasteiger partial charge >= 0.3 is 0 Å². The van der Waals surface area contributed by atoms with Crippen molar-refractivity contribution >= 4 is 29.1 Å². The maximum Gasteiger partial charge on any atom is 0.253 e. The second-order valence-corrected chi connectivity index (χ2v) is 13.3. The third kappa shape index (κ3) is 5.10. The Morgan fingerprint density at radius 1 is 1.00 bits per heavy atom. The van der Waals surface area contributed by atoms with Gasteiger partial charge in [0.05, 0.1) is 30.1 Å². The van der Waals surface area contributed by atoms with E-state index in [1.54, 1.807) is 26.9 Å². The third-order valence-electron chi connectivity index (χ3n) is 10.9. The van der Waals surface area contributed by atoms with Gasteiger partial charge in [0.15, 0.2) is 0 Å². The van der Waals surface area contributed by atoms with Gasteiger partial charge in [0.25, 0.3) is 5.91 Å². The molecular weight excluding hydrogens is 578 g/mol. The van der Waals surface area contributed by atoms with Crippen molar-refractivity contribution in [2.45, 2.75) is 83.6 Å². The molecule has 3 saturated heterocycles. The van der Waals surface area contributed by atoms with E-state index in [0.29, 0.717) is 31.4 Å². The van der Waals surface area contributed by atoms with E-state index in [0.717, 1.165) is 16.8 Å². The standard InChI is InChI=1S/C38H49N3O5/c1-8-22-39(28-18-13-12-14-19-28)34(43)30-31-35(44)41(29(24-42)25(5)10-3)33(38(31)21-20-37(30,11-4)46-38)36(45)40(23-9-2)32-26(6)16-15-17-27(32)7/h8-9,12-19,25,29-31,33,42H,1-2,10-11,20-24H2,3-7H3/t25-,29-,30-,31-,33?,37+,38?/m0/s1. The molecule has 3 amide bonds. The molecular formula is C38H49N3O5. The fourth-order valence-electron chi connectivity index (χ4n) is 8.51. The molecule has 1 N–H and O–H groups in total. The molecule has 8 heteroatoms. The molecule has 5 rings (SSSR count). The van der Waals surface area contributed by atoms with Crippen molar-refractivity contribution in [1.29, 1.82) is 0 Å². The Bertz CT molecular complexity index is 1470. The molecule has 3 fully saturated rings. The number of anilines is 2. The predicted molar refractivity (Wildman–Crippen MR) is 181 cm³/mol. The molecule has 3 aliphatic heterocycles. The molecule has 7 atom stereocenters.